The highest BCUT2D eigenvalue weighted by atomic mass is 35.5. The third-order valence-electron chi connectivity index (χ3n) is 3.99. The van der Waals surface area contributed by atoms with Crippen molar-refractivity contribution in [2.24, 2.45) is 0 Å². The molecular formula is C15H20Cl2N2O4S. The molecule has 1 saturated heterocycles. The van der Waals surface area contributed by atoms with Gasteiger partial charge < -0.3 is 9.64 Å². The van der Waals surface area contributed by atoms with Crippen molar-refractivity contribution in [3.8, 4) is 0 Å². The highest BCUT2D eigenvalue weighted by Gasteiger charge is 2.32. The van der Waals surface area contributed by atoms with Crippen LogP contribution in [0.25, 0.3) is 0 Å². The molecule has 0 N–H and O–H groups in total. The van der Waals surface area contributed by atoms with E-state index < -0.39 is 10.0 Å². The van der Waals surface area contributed by atoms with Crippen molar-refractivity contribution in [1.82, 2.24) is 9.21 Å². The van der Waals surface area contributed by atoms with Gasteiger partial charge in [-0.05, 0) is 19.1 Å². The smallest absolute Gasteiger partial charge is 0.244 e. The number of benzene rings is 1. The monoisotopic (exact) mass is 394 g/mol. The summed E-state index contributed by atoms with van der Waals surface area (Å²) in [6, 6.07) is 4.52. The Hall–Kier alpha value is -0.860. The van der Waals surface area contributed by atoms with Crippen LogP contribution in [0.3, 0.4) is 0 Å². The molecule has 0 radical (unpaired) electrons. The van der Waals surface area contributed by atoms with Crippen LogP contribution in [0.15, 0.2) is 23.1 Å². The van der Waals surface area contributed by atoms with Gasteiger partial charge in [0.15, 0.2) is 0 Å². The van der Waals surface area contributed by atoms with Crippen LogP contribution < -0.4 is 0 Å². The molecule has 24 heavy (non-hydrogen) atoms. The predicted molar refractivity (Wildman–Crippen MR) is 92.9 cm³/mol. The molecule has 1 aliphatic rings. The fourth-order valence-corrected chi connectivity index (χ4v) is 4.62. The highest BCUT2D eigenvalue weighted by Crippen LogP contribution is 2.31. The molecule has 1 heterocycles. The molecule has 6 nitrogen and oxygen atoms in total. The highest BCUT2D eigenvalue weighted by molar-refractivity contribution is 7.89. The molecular weight excluding hydrogens is 375 g/mol. The van der Waals surface area contributed by atoms with E-state index >= 15 is 0 Å². The maximum absolute atomic E-state index is 12.7. The Kier molecular flexibility index (Phi) is 6.50. The Bertz CT molecular complexity index is 703. The minimum atomic E-state index is -3.74. The van der Waals surface area contributed by atoms with Crippen molar-refractivity contribution in [3.63, 3.8) is 0 Å². The zero-order chi connectivity index (χ0) is 17.9. The van der Waals surface area contributed by atoms with E-state index in [4.69, 9.17) is 27.9 Å². The quantitative estimate of drug-likeness (QED) is 0.767. The molecule has 1 aliphatic heterocycles. The van der Waals surface area contributed by atoms with Gasteiger partial charge in [0.05, 0.1) is 22.6 Å². The third kappa shape index (κ3) is 4.21. The van der Waals surface area contributed by atoms with Crippen molar-refractivity contribution < 1.29 is 17.9 Å². The summed E-state index contributed by atoms with van der Waals surface area (Å²) in [5, 5.41) is 0.215. The number of hydrogen-bond donors (Lipinski definition) is 0. The summed E-state index contributed by atoms with van der Waals surface area (Å²) >= 11 is 11.9. The number of carbonyl (C=O) groups excluding carboxylic acids is 1. The SMILES string of the molecule is COC(C)CC(=O)N1CCN(S(=O)(=O)c2cccc(Cl)c2Cl)CC1. The van der Waals surface area contributed by atoms with Crippen LogP contribution in [0.1, 0.15) is 13.3 Å². The number of piperazine rings is 1. The topological polar surface area (TPSA) is 66.9 Å². The van der Waals surface area contributed by atoms with E-state index in [1.54, 1.807) is 18.1 Å². The molecule has 1 atom stereocenters. The fourth-order valence-electron chi connectivity index (χ4n) is 2.46. The molecule has 1 unspecified atom stereocenters. The number of methoxy groups -OCH3 is 1. The number of hydrogen-bond acceptors (Lipinski definition) is 4. The van der Waals surface area contributed by atoms with E-state index in [0.29, 0.717) is 13.1 Å². The first-order valence-electron chi connectivity index (χ1n) is 7.52. The number of carbonyl (C=O) groups is 1. The molecule has 9 heteroatoms. The molecule has 1 aromatic carbocycles. The summed E-state index contributed by atoms with van der Waals surface area (Å²) in [5.41, 5.74) is 0. The maximum atomic E-state index is 12.7. The number of nitrogens with zero attached hydrogens (tertiary/aromatic N) is 2. The average molecular weight is 395 g/mol. The lowest BCUT2D eigenvalue weighted by Gasteiger charge is -2.34. The summed E-state index contributed by atoms with van der Waals surface area (Å²) in [5.74, 6) is -0.0396. The van der Waals surface area contributed by atoms with Gasteiger partial charge >= 0.3 is 0 Å². The largest absolute Gasteiger partial charge is 0.381 e. The van der Waals surface area contributed by atoms with Gasteiger partial charge in [-0.3, -0.25) is 4.79 Å². The summed E-state index contributed by atoms with van der Waals surface area (Å²) < 4.78 is 31.9. The Morgan fingerprint density at radius 2 is 1.88 bits per heavy atom. The Morgan fingerprint density at radius 1 is 1.25 bits per heavy atom. The lowest BCUT2D eigenvalue weighted by Crippen LogP contribution is -2.50. The molecule has 0 aromatic heterocycles. The molecule has 0 spiro atoms. The molecule has 0 saturated carbocycles. The molecule has 0 aliphatic carbocycles. The van der Waals surface area contributed by atoms with Crippen LogP contribution in [0.2, 0.25) is 10.0 Å². The van der Waals surface area contributed by atoms with E-state index in [9.17, 15) is 13.2 Å². The minimum Gasteiger partial charge on any atom is -0.381 e. The molecule has 1 aromatic rings. The second-order valence-electron chi connectivity index (χ2n) is 5.59. The van der Waals surface area contributed by atoms with Crippen LogP contribution in [0, 0.1) is 0 Å². The zero-order valence-corrected chi connectivity index (χ0v) is 15.9. The molecule has 0 bridgehead atoms. The van der Waals surface area contributed by atoms with Crippen LogP contribution >= 0.6 is 23.2 Å². The fraction of sp³-hybridized carbons (Fsp3) is 0.533. The average Bonchev–Trinajstić information content (AvgIpc) is 2.57. The molecule has 1 amide bonds. The van der Waals surface area contributed by atoms with Crippen molar-refractivity contribution in [1.29, 1.82) is 0 Å². The van der Waals surface area contributed by atoms with E-state index in [2.05, 4.69) is 0 Å². The summed E-state index contributed by atoms with van der Waals surface area (Å²) in [7, 11) is -2.18. The van der Waals surface area contributed by atoms with Crippen LogP contribution in [0.4, 0.5) is 0 Å². The second-order valence-corrected chi connectivity index (χ2v) is 8.28. The van der Waals surface area contributed by atoms with Gasteiger partial charge in [0.2, 0.25) is 15.9 Å². The number of amides is 1. The van der Waals surface area contributed by atoms with Gasteiger partial charge in [0.1, 0.15) is 4.90 Å². The maximum Gasteiger partial charge on any atom is 0.244 e. The normalized spacial score (nSPS) is 17.8. The number of rotatable bonds is 5. The minimum absolute atomic E-state index is 0.00977. The predicted octanol–water partition coefficient (Wildman–Crippen LogP) is 2.25. The summed E-state index contributed by atoms with van der Waals surface area (Å²) in [6.45, 7) is 2.94. The van der Waals surface area contributed by atoms with Crippen molar-refractivity contribution in [2.75, 3.05) is 33.3 Å². The summed E-state index contributed by atoms with van der Waals surface area (Å²) in [4.78, 5) is 13.8. The van der Waals surface area contributed by atoms with Gasteiger partial charge in [-0.15, -0.1) is 0 Å². The standard InChI is InChI=1S/C15H20Cl2N2O4S/c1-11(23-2)10-14(20)18-6-8-19(9-7-18)24(21,22)13-5-3-4-12(16)15(13)17/h3-5,11H,6-10H2,1-2H3. The molecule has 2 rings (SSSR count). The van der Waals surface area contributed by atoms with Gasteiger partial charge in [-0.25, -0.2) is 8.42 Å². The van der Waals surface area contributed by atoms with E-state index in [0.717, 1.165) is 0 Å². The van der Waals surface area contributed by atoms with Crippen molar-refractivity contribution in [3.05, 3.63) is 28.2 Å². The Morgan fingerprint density at radius 3 is 2.46 bits per heavy atom. The first-order valence-corrected chi connectivity index (χ1v) is 9.71. The van der Waals surface area contributed by atoms with Crippen LogP contribution in [-0.2, 0) is 19.6 Å². The van der Waals surface area contributed by atoms with Gasteiger partial charge in [0, 0.05) is 33.3 Å². The number of sulfonamides is 1. The third-order valence-corrected chi connectivity index (χ3v) is 6.86. The van der Waals surface area contributed by atoms with Crippen LogP contribution in [0.5, 0.6) is 0 Å². The van der Waals surface area contributed by atoms with Gasteiger partial charge in [0.25, 0.3) is 0 Å². The lowest BCUT2D eigenvalue weighted by molar-refractivity contribution is -0.134. The first-order chi connectivity index (χ1) is 11.3. The van der Waals surface area contributed by atoms with Crippen molar-refractivity contribution in [2.45, 2.75) is 24.3 Å². The van der Waals surface area contributed by atoms with Gasteiger partial charge in [-0.2, -0.15) is 4.31 Å². The Balaban J connectivity index is 2.06. The first kappa shape index (κ1) is 19.5. The number of halogens is 2. The number of ether oxygens (including phenoxy) is 1. The second kappa shape index (κ2) is 8.01. The van der Waals surface area contributed by atoms with E-state index in [1.807, 2.05) is 6.92 Å². The molecule has 1 fully saturated rings. The lowest BCUT2D eigenvalue weighted by atomic mass is 10.2. The van der Waals surface area contributed by atoms with Crippen molar-refractivity contribution >= 4 is 39.1 Å². The van der Waals surface area contributed by atoms with E-state index in [1.165, 1.54) is 16.4 Å². The summed E-state index contributed by atoms with van der Waals surface area (Å²) in [6.07, 6.45) is 0.119. The van der Waals surface area contributed by atoms with Gasteiger partial charge in [-0.1, -0.05) is 29.3 Å². The Labute approximate surface area is 152 Å². The van der Waals surface area contributed by atoms with E-state index in [-0.39, 0.29) is 46.5 Å². The van der Waals surface area contributed by atoms with Crippen LogP contribution in [-0.4, -0.2) is 62.9 Å². The molecule has 134 valence electrons. The zero-order valence-electron chi connectivity index (χ0n) is 13.5.